The highest BCUT2D eigenvalue weighted by molar-refractivity contribution is 6.07. The second-order valence-corrected chi connectivity index (χ2v) is 7.68. The van der Waals surface area contributed by atoms with E-state index in [0.717, 1.165) is 51.3 Å². The van der Waals surface area contributed by atoms with E-state index in [1.165, 1.54) is 16.3 Å². The molecule has 6 rings (SSSR count). The molecule has 5 heterocycles. The predicted molar refractivity (Wildman–Crippen MR) is 126 cm³/mol. The Kier molecular flexibility index (Phi) is 3.71. The molecule has 0 spiro atoms. The van der Waals surface area contributed by atoms with Crippen LogP contribution >= 0.6 is 0 Å². The second kappa shape index (κ2) is 6.56. The molecule has 30 heavy (non-hydrogen) atoms. The molecule has 144 valence electrons. The molecular weight excluding hydrogens is 368 g/mol. The fourth-order valence-corrected chi connectivity index (χ4v) is 4.19. The van der Waals surface area contributed by atoms with Crippen LogP contribution in [0.1, 0.15) is 36.1 Å². The molecule has 0 fully saturated rings. The van der Waals surface area contributed by atoms with Crippen molar-refractivity contribution in [2.45, 2.75) is 13.3 Å². The fourth-order valence-electron chi connectivity index (χ4n) is 4.19. The van der Waals surface area contributed by atoms with Crippen LogP contribution in [0.4, 0.5) is 0 Å². The van der Waals surface area contributed by atoms with E-state index >= 15 is 0 Å². The van der Waals surface area contributed by atoms with Crippen molar-refractivity contribution in [3.63, 3.8) is 0 Å². The Labute approximate surface area is 173 Å². The SMILES string of the molecule is CCC1=Cc2cc3[nH]c(cc4nc(cc5ccc(cc1n2)[nH]5)C=C4)c1ccccc31. The molecule has 0 amide bonds. The summed E-state index contributed by atoms with van der Waals surface area (Å²) in [6.45, 7) is 2.17. The summed E-state index contributed by atoms with van der Waals surface area (Å²) in [5.74, 6) is 0. The number of aromatic nitrogens is 4. The normalized spacial score (nSPS) is 13.0. The number of rotatable bonds is 1. The van der Waals surface area contributed by atoms with Gasteiger partial charge in [-0.3, -0.25) is 0 Å². The van der Waals surface area contributed by atoms with E-state index in [-0.39, 0.29) is 0 Å². The first-order chi connectivity index (χ1) is 14.7. The molecule has 4 heteroatoms. The minimum absolute atomic E-state index is 0.937. The molecule has 0 unspecified atom stereocenters. The first-order valence-corrected chi connectivity index (χ1v) is 10.2. The van der Waals surface area contributed by atoms with Crippen LogP contribution in [0.15, 0.2) is 60.7 Å². The van der Waals surface area contributed by atoms with Crippen LogP contribution in [-0.4, -0.2) is 19.9 Å². The Morgan fingerprint density at radius 3 is 2.10 bits per heavy atom. The molecule has 8 bridgehead atoms. The highest BCUT2D eigenvalue weighted by Crippen LogP contribution is 2.28. The fraction of sp³-hybridized carbons (Fsp3) is 0.0769. The van der Waals surface area contributed by atoms with Crippen LogP contribution in [0.25, 0.3) is 56.6 Å². The molecule has 0 atom stereocenters. The van der Waals surface area contributed by atoms with Crippen molar-refractivity contribution in [1.82, 2.24) is 19.9 Å². The maximum absolute atomic E-state index is 4.91. The Morgan fingerprint density at radius 2 is 1.37 bits per heavy atom. The van der Waals surface area contributed by atoms with Gasteiger partial charge in [-0.25, -0.2) is 9.97 Å². The molecule has 0 saturated heterocycles. The van der Waals surface area contributed by atoms with Crippen molar-refractivity contribution in [3.05, 3.63) is 83.4 Å². The van der Waals surface area contributed by atoms with Gasteiger partial charge < -0.3 is 9.97 Å². The van der Waals surface area contributed by atoms with Crippen molar-refractivity contribution in [2.24, 2.45) is 0 Å². The van der Waals surface area contributed by atoms with Crippen LogP contribution in [0.5, 0.6) is 0 Å². The first-order valence-electron chi connectivity index (χ1n) is 10.2. The van der Waals surface area contributed by atoms with Crippen LogP contribution in [0.3, 0.4) is 0 Å². The third kappa shape index (κ3) is 2.85. The highest BCUT2D eigenvalue weighted by atomic mass is 14.8. The van der Waals surface area contributed by atoms with Crippen molar-refractivity contribution < 1.29 is 0 Å². The summed E-state index contributed by atoms with van der Waals surface area (Å²) < 4.78 is 0. The third-order valence-electron chi connectivity index (χ3n) is 5.65. The molecule has 2 aliphatic heterocycles. The molecule has 4 nitrogen and oxygen atoms in total. The summed E-state index contributed by atoms with van der Waals surface area (Å²) in [6.07, 6.45) is 7.23. The molecule has 0 saturated carbocycles. The Bertz CT molecular complexity index is 1530. The number of H-pyrrole nitrogens is 2. The van der Waals surface area contributed by atoms with E-state index in [4.69, 9.17) is 9.97 Å². The predicted octanol–water partition coefficient (Wildman–Crippen LogP) is 6.59. The number of benzene rings is 1. The van der Waals surface area contributed by atoms with Gasteiger partial charge in [-0.15, -0.1) is 0 Å². The average Bonchev–Trinajstić information content (AvgIpc) is 3.52. The lowest BCUT2D eigenvalue weighted by Crippen LogP contribution is -1.79. The molecule has 3 aromatic heterocycles. The van der Waals surface area contributed by atoms with E-state index in [1.807, 2.05) is 6.08 Å². The van der Waals surface area contributed by atoms with Gasteiger partial charge >= 0.3 is 0 Å². The van der Waals surface area contributed by atoms with E-state index in [1.54, 1.807) is 0 Å². The summed E-state index contributed by atoms with van der Waals surface area (Å²) in [5.41, 5.74) is 9.30. The quantitative estimate of drug-likeness (QED) is 0.340. The molecule has 0 aliphatic carbocycles. The van der Waals surface area contributed by atoms with Gasteiger partial charge in [0.2, 0.25) is 0 Å². The molecule has 2 N–H and O–H groups in total. The number of fused-ring (bicyclic) bond motifs is 11. The molecule has 2 aliphatic rings. The minimum atomic E-state index is 0.937. The molecule has 1 aromatic carbocycles. The minimum Gasteiger partial charge on any atom is -0.355 e. The van der Waals surface area contributed by atoms with Gasteiger partial charge in [-0.05, 0) is 66.6 Å². The number of nitrogens with one attached hydrogen (secondary N) is 2. The summed E-state index contributed by atoms with van der Waals surface area (Å²) in [5, 5.41) is 2.37. The molecular formula is C26H20N4. The number of hydrogen-bond acceptors (Lipinski definition) is 2. The maximum Gasteiger partial charge on any atom is 0.0690 e. The van der Waals surface area contributed by atoms with E-state index in [2.05, 4.69) is 89.7 Å². The largest absolute Gasteiger partial charge is 0.355 e. The summed E-state index contributed by atoms with van der Waals surface area (Å²) in [6, 6.07) is 21.0. The first kappa shape index (κ1) is 17.0. The van der Waals surface area contributed by atoms with Gasteiger partial charge in [0.1, 0.15) is 0 Å². The van der Waals surface area contributed by atoms with E-state index in [9.17, 15) is 0 Å². The van der Waals surface area contributed by atoms with Crippen LogP contribution in [-0.2, 0) is 0 Å². The lowest BCUT2D eigenvalue weighted by molar-refractivity contribution is 1.22. The van der Waals surface area contributed by atoms with Crippen LogP contribution in [0.2, 0.25) is 0 Å². The van der Waals surface area contributed by atoms with Gasteiger partial charge in [0, 0.05) is 32.8 Å². The Hall–Kier alpha value is -3.92. The molecule has 0 radical (unpaired) electrons. The van der Waals surface area contributed by atoms with Gasteiger partial charge in [0.25, 0.3) is 0 Å². The van der Waals surface area contributed by atoms with Crippen molar-refractivity contribution in [3.8, 4) is 0 Å². The zero-order valence-corrected chi connectivity index (χ0v) is 16.6. The topological polar surface area (TPSA) is 57.4 Å². The van der Waals surface area contributed by atoms with Gasteiger partial charge in [0.15, 0.2) is 0 Å². The monoisotopic (exact) mass is 388 g/mol. The lowest BCUT2D eigenvalue weighted by Gasteiger charge is -1.93. The second-order valence-electron chi connectivity index (χ2n) is 7.68. The van der Waals surface area contributed by atoms with E-state index in [0.29, 0.717) is 0 Å². The summed E-state index contributed by atoms with van der Waals surface area (Å²) >= 11 is 0. The number of allylic oxidation sites excluding steroid dienone is 1. The number of aromatic amines is 2. The van der Waals surface area contributed by atoms with Gasteiger partial charge in [-0.2, -0.15) is 0 Å². The van der Waals surface area contributed by atoms with E-state index < -0.39 is 0 Å². The van der Waals surface area contributed by atoms with Crippen molar-refractivity contribution >= 4 is 56.6 Å². The third-order valence-corrected chi connectivity index (χ3v) is 5.65. The zero-order valence-electron chi connectivity index (χ0n) is 16.6. The summed E-state index contributed by atoms with van der Waals surface area (Å²) in [4.78, 5) is 16.7. The van der Waals surface area contributed by atoms with Crippen LogP contribution in [0, 0.1) is 0 Å². The Morgan fingerprint density at radius 1 is 0.700 bits per heavy atom. The van der Waals surface area contributed by atoms with Crippen LogP contribution < -0.4 is 0 Å². The van der Waals surface area contributed by atoms with Gasteiger partial charge in [-0.1, -0.05) is 31.2 Å². The average molecular weight is 388 g/mol. The number of hydrogen-bond donors (Lipinski definition) is 2. The van der Waals surface area contributed by atoms with Crippen molar-refractivity contribution in [2.75, 3.05) is 0 Å². The summed E-state index contributed by atoms with van der Waals surface area (Å²) in [7, 11) is 0. The zero-order chi connectivity index (χ0) is 20.1. The highest BCUT2D eigenvalue weighted by Gasteiger charge is 2.10. The standard InChI is InChI=1S/C26H20N4/c1-2-16-11-21-15-26-23-6-4-3-5-22(23)25(30-26)14-20-10-8-18(28-20)12-17-7-9-19(27-17)13-24(16)29-21/h3-15,27,30H,2H2,1H3. The van der Waals surface area contributed by atoms with Crippen molar-refractivity contribution in [1.29, 1.82) is 0 Å². The molecule has 4 aromatic rings. The Balaban J connectivity index is 1.76. The number of nitrogens with zero attached hydrogens (tertiary/aromatic N) is 2. The lowest BCUT2D eigenvalue weighted by atomic mass is 10.1. The maximum atomic E-state index is 4.91. The smallest absolute Gasteiger partial charge is 0.0690 e. The van der Waals surface area contributed by atoms with Gasteiger partial charge in [0.05, 0.1) is 22.8 Å².